The molecule has 0 radical (unpaired) electrons. The van der Waals surface area contributed by atoms with Crippen molar-refractivity contribution in [2.75, 3.05) is 13.2 Å². The molecule has 0 N–H and O–H groups in total. The first-order chi connectivity index (χ1) is 10.1. The third-order valence-corrected chi connectivity index (χ3v) is 2.95. The van der Waals surface area contributed by atoms with Gasteiger partial charge in [-0.15, -0.1) is 16.8 Å². The van der Waals surface area contributed by atoms with Crippen LogP contribution in [-0.4, -0.2) is 34.9 Å². The Balaban J connectivity index is -0.000000164. The van der Waals surface area contributed by atoms with Crippen LogP contribution in [0.3, 0.4) is 0 Å². The third kappa shape index (κ3) is 40.3. The van der Waals surface area contributed by atoms with Gasteiger partial charge in [0.25, 0.3) is 0 Å². The fraction of sp³-hybridized carbons (Fsp3) is 0.429. The largest absolute Gasteiger partial charge is 1.00 e. The van der Waals surface area contributed by atoms with Crippen LogP contribution >= 0.6 is 16.0 Å². The Labute approximate surface area is 156 Å². The molecule has 1 atom stereocenters. The first-order valence-corrected chi connectivity index (χ1v) is 10.2. The van der Waals surface area contributed by atoms with Crippen LogP contribution < -0.4 is 18.9 Å². The Morgan fingerprint density at radius 1 is 1.00 bits per heavy atom. The van der Waals surface area contributed by atoms with Gasteiger partial charge in [0.1, 0.15) is 10.1 Å². The molecule has 0 aliphatic heterocycles. The quantitative estimate of drug-likeness (QED) is 0.166. The van der Waals surface area contributed by atoms with Crippen LogP contribution in [0, 0.1) is 0 Å². The van der Waals surface area contributed by atoms with E-state index in [2.05, 4.69) is 9.05 Å². The summed E-state index contributed by atoms with van der Waals surface area (Å²) < 4.78 is 120. The molecule has 0 heterocycles. The van der Waals surface area contributed by atoms with Crippen LogP contribution in [0.4, 0.5) is 16.8 Å². The molecule has 1 unspecified atom stereocenters. The Bertz CT molecular complexity index is 630. The molecule has 0 spiro atoms. The van der Waals surface area contributed by atoms with Crippen molar-refractivity contribution in [3.8, 4) is 0 Å². The first-order valence-electron chi connectivity index (χ1n) is 4.77. The molecule has 0 aromatic rings. The minimum atomic E-state index is -5.60. The molecule has 146 valence electrons. The summed E-state index contributed by atoms with van der Waals surface area (Å²) in [5.74, 6) is 0. The SMILES string of the molecule is C.O=P(F)(F)OC/C=C/S(=O)(=O)[O-].O=S([O-])/C=C/COP(=O)(F)F.[Li+]. The van der Waals surface area contributed by atoms with Crippen LogP contribution in [0.15, 0.2) is 23.0 Å². The molecular weight excluding hydrogens is 437 g/mol. The number of hydrogen-bond acceptors (Lipinski definition) is 9. The van der Waals surface area contributed by atoms with Crippen molar-refractivity contribution in [2.45, 2.75) is 7.43 Å². The summed E-state index contributed by atoms with van der Waals surface area (Å²) in [6.45, 7) is -1.57. The molecule has 0 aliphatic rings. The average molecular weight is 449 g/mol. The predicted molar refractivity (Wildman–Crippen MR) is 75.2 cm³/mol. The zero-order valence-corrected chi connectivity index (χ0v) is 15.0. The van der Waals surface area contributed by atoms with Crippen molar-refractivity contribution in [3.63, 3.8) is 0 Å². The normalized spacial score (nSPS) is 13.5. The van der Waals surface area contributed by atoms with Gasteiger partial charge in [-0.05, 0) is 22.6 Å². The van der Waals surface area contributed by atoms with Crippen molar-refractivity contribution in [1.82, 2.24) is 0 Å². The standard InChI is InChI=1S/C3H5F2O5PS.C3H5F2O4PS.CH4.Li/c4-11(5,6)10-2-1-3-12(7,8)9;4-10(5,6)9-2-1-3-11(7)8;;/h1,3H,2H2,(H,7,8,9);1,3H,2H2,(H,7,8);1H4;/q;;;+1/p-2/b2*3-1+;;. The van der Waals surface area contributed by atoms with Gasteiger partial charge in [0.2, 0.25) is 0 Å². The molecule has 0 amide bonds. The first kappa shape index (κ1) is 32.8. The van der Waals surface area contributed by atoms with Gasteiger partial charge in [-0.3, -0.25) is 13.3 Å². The van der Waals surface area contributed by atoms with E-state index in [-0.39, 0.29) is 31.7 Å². The van der Waals surface area contributed by atoms with Crippen LogP contribution in [0.5, 0.6) is 0 Å². The van der Waals surface area contributed by atoms with Crippen LogP contribution in [0.1, 0.15) is 7.43 Å². The molecule has 0 bridgehead atoms. The second-order valence-corrected chi connectivity index (χ2v) is 7.14. The van der Waals surface area contributed by atoms with Gasteiger partial charge in [-0.2, -0.15) is 0 Å². The summed E-state index contributed by atoms with van der Waals surface area (Å²) in [5.41, 5.74) is 0. The van der Waals surface area contributed by atoms with Crippen molar-refractivity contribution in [2.24, 2.45) is 0 Å². The maximum Gasteiger partial charge on any atom is 1.00 e. The van der Waals surface area contributed by atoms with E-state index in [9.17, 15) is 47.6 Å². The summed E-state index contributed by atoms with van der Waals surface area (Å²) in [6.07, 6.45) is 1.35. The third-order valence-electron chi connectivity index (χ3n) is 1.11. The van der Waals surface area contributed by atoms with E-state index in [1.54, 1.807) is 0 Å². The van der Waals surface area contributed by atoms with Gasteiger partial charge < -0.3 is 9.11 Å². The van der Waals surface area contributed by atoms with E-state index in [0.717, 1.165) is 6.08 Å². The maximum atomic E-state index is 11.4. The van der Waals surface area contributed by atoms with Gasteiger partial charge >= 0.3 is 34.8 Å². The van der Waals surface area contributed by atoms with Gasteiger partial charge in [-0.1, -0.05) is 13.5 Å². The van der Waals surface area contributed by atoms with Crippen molar-refractivity contribution < 1.29 is 75.6 Å². The minimum absolute atomic E-state index is 0. The summed E-state index contributed by atoms with van der Waals surface area (Å²) in [7, 11) is -15.7. The Morgan fingerprint density at radius 2 is 1.36 bits per heavy atom. The summed E-state index contributed by atoms with van der Waals surface area (Å²) >= 11 is -2.44. The van der Waals surface area contributed by atoms with Crippen molar-refractivity contribution >= 4 is 37.2 Å². The van der Waals surface area contributed by atoms with E-state index in [4.69, 9.17) is 0 Å². The predicted octanol–water partition coefficient (Wildman–Crippen LogP) is 0.192. The second-order valence-electron chi connectivity index (χ2n) is 2.92. The average Bonchev–Trinajstić information content (AvgIpc) is 2.28. The number of hydrogen-bond donors (Lipinski definition) is 0. The summed E-state index contributed by atoms with van der Waals surface area (Å²) in [6, 6.07) is 0. The van der Waals surface area contributed by atoms with Crippen LogP contribution in [-0.2, 0) is 39.4 Å². The zero-order valence-electron chi connectivity index (χ0n) is 11.6. The molecule has 0 aromatic heterocycles. The maximum absolute atomic E-state index is 11.4. The van der Waals surface area contributed by atoms with E-state index in [0.29, 0.717) is 11.5 Å². The Morgan fingerprint density at radius 3 is 1.64 bits per heavy atom. The van der Waals surface area contributed by atoms with Gasteiger partial charge in [0.15, 0.2) is 0 Å². The van der Waals surface area contributed by atoms with E-state index in [1.807, 2.05) is 0 Å². The molecule has 0 saturated heterocycles. The van der Waals surface area contributed by atoms with Gasteiger partial charge in [-0.25, -0.2) is 17.5 Å². The minimum Gasteiger partial charge on any atom is -0.769 e. The molecule has 0 fully saturated rings. The summed E-state index contributed by atoms with van der Waals surface area (Å²) in [4.78, 5) is 0. The number of halogens is 4. The molecule has 9 nitrogen and oxygen atoms in total. The fourth-order valence-corrected chi connectivity index (χ4v) is 1.60. The number of rotatable bonds is 8. The topological polar surface area (TPSA) is 150 Å². The second kappa shape index (κ2) is 15.3. The monoisotopic (exact) mass is 449 g/mol. The van der Waals surface area contributed by atoms with Crippen molar-refractivity contribution in [3.05, 3.63) is 23.0 Å². The van der Waals surface area contributed by atoms with Gasteiger partial charge in [0.05, 0.1) is 13.2 Å². The molecule has 18 heteroatoms. The van der Waals surface area contributed by atoms with E-state index < -0.39 is 50.4 Å². The molecule has 0 saturated carbocycles. The molecule has 0 aliphatic carbocycles. The van der Waals surface area contributed by atoms with Crippen molar-refractivity contribution in [1.29, 1.82) is 0 Å². The Kier molecular flexibility index (Phi) is 20.1. The van der Waals surface area contributed by atoms with E-state index in [1.165, 1.54) is 0 Å². The van der Waals surface area contributed by atoms with Crippen LogP contribution in [0.25, 0.3) is 0 Å². The van der Waals surface area contributed by atoms with Gasteiger partial charge in [0, 0.05) is 5.41 Å². The smallest absolute Gasteiger partial charge is 0.769 e. The molecular formula is C7H12F4LiO9P2S2-. The molecule has 0 aromatic carbocycles. The fourth-order valence-electron chi connectivity index (χ4n) is 0.535. The molecule has 25 heavy (non-hydrogen) atoms. The van der Waals surface area contributed by atoms with E-state index >= 15 is 0 Å². The van der Waals surface area contributed by atoms with Crippen LogP contribution in [0.2, 0.25) is 0 Å². The zero-order chi connectivity index (χ0) is 18.7. The summed E-state index contributed by atoms with van der Waals surface area (Å²) in [5, 5.41) is 0.762. The Hall–Kier alpha value is 0.197. The molecule has 0 rings (SSSR count).